The highest BCUT2D eigenvalue weighted by molar-refractivity contribution is 6.00. The highest BCUT2D eigenvalue weighted by atomic mass is 16.6. The highest BCUT2D eigenvalue weighted by Gasteiger charge is 2.25. The minimum atomic E-state index is -0.518. The number of piperidine rings is 1. The second-order valence-electron chi connectivity index (χ2n) is 4.76. The van der Waals surface area contributed by atoms with E-state index < -0.39 is 4.92 Å². The monoisotopic (exact) mass is 279 g/mol. The van der Waals surface area contributed by atoms with Crippen LogP contribution < -0.4 is 5.32 Å². The number of aliphatic hydroxyl groups excluding tert-OH is 1. The van der Waals surface area contributed by atoms with Gasteiger partial charge in [-0.25, -0.2) is 0 Å². The van der Waals surface area contributed by atoms with Crippen molar-refractivity contribution in [2.75, 3.05) is 25.5 Å². The van der Waals surface area contributed by atoms with E-state index in [4.69, 9.17) is 0 Å². The number of amides is 1. The molecule has 0 aromatic heterocycles. The van der Waals surface area contributed by atoms with Gasteiger partial charge in [-0.3, -0.25) is 14.9 Å². The van der Waals surface area contributed by atoms with Gasteiger partial charge in [-0.05, 0) is 18.9 Å². The van der Waals surface area contributed by atoms with E-state index in [1.807, 2.05) is 0 Å². The van der Waals surface area contributed by atoms with Crippen LogP contribution in [0.25, 0.3) is 0 Å². The van der Waals surface area contributed by atoms with Crippen LogP contribution in [0.5, 0.6) is 0 Å². The van der Waals surface area contributed by atoms with Gasteiger partial charge in [0, 0.05) is 38.0 Å². The normalized spacial score (nSPS) is 16.0. The summed E-state index contributed by atoms with van der Waals surface area (Å²) in [5.74, 6) is -0.245. The lowest BCUT2D eigenvalue weighted by atomic mass is 10.1. The number of benzene rings is 1. The third-order valence-corrected chi connectivity index (χ3v) is 3.47. The van der Waals surface area contributed by atoms with Gasteiger partial charge in [-0.1, -0.05) is 0 Å². The van der Waals surface area contributed by atoms with Crippen LogP contribution in [0.3, 0.4) is 0 Å². The Hall–Kier alpha value is -2.15. The van der Waals surface area contributed by atoms with E-state index in [1.165, 1.54) is 18.2 Å². The Kier molecular flexibility index (Phi) is 4.19. The first kappa shape index (κ1) is 14.3. The largest absolute Gasteiger partial charge is 0.393 e. The van der Waals surface area contributed by atoms with Crippen LogP contribution in [-0.4, -0.2) is 47.1 Å². The van der Waals surface area contributed by atoms with Gasteiger partial charge in [0.15, 0.2) is 0 Å². The number of hydrogen-bond donors (Lipinski definition) is 2. The standard InChI is InChI=1S/C13H17N3O4/c1-14-12-3-2-9(16(19)20)8-11(12)13(18)15-6-4-10(17)5-7-15/h2-3,8,10,14,17H,4-7H2,1H3. The van der Waals surface area contributed by atoms with E-state index in [0.29, 0.717) is 31.6 Å². The number of carbonyl (C=O) groups is 1. The Morgan fingerprint density at radius 3 is 2.65 bits per heavy atom. The molecule has 0 radical (unpaired) electrons. The van der Waals surface area contributed by atoms with Crippen molar-refractivity contribution >= 4 is 17.3 Å². The second-order valence-corrected chi connectivity index (χ2v) is 4.76. The summed E-state index contributed by atoms with van der Waals surface area (Å²) >= 11 is 0. The number of carbonyl (C=O) groups excluding carboxylic acids is 1. The van der Waals surface area contributed by atoms with E-state index in [9.17, 15) is 20.0 Å². The first-order chi connectivity index (χ1) is 9.52. The van der Waals surface area contributed by atoms with Gasteiger partial charge in [0.05, 0.1) is 16.6 Å². The summed E-state index contributed by atoms with van der Waals surface area (Å²) in [4.78, 5) is 24.4. The molecule has 0 bridgehead atoms. The van der Waals surface area contributed by atoms with E-state index in [1.54, 1.807) is 11.9 Å². The molecule has 1 aliphatic heterocycles. The van der Waals surface area contributed by atoms with Gasteiger partial charge in [-0.15, -0.1) is 0 Å². The number of nitrogens with one attached hydrogen (secondary N) is 1. The molecule has 1 aliphatic rings. The number of nitro groups is 1. The predicted octanol–water partition coefficient (Wildman–Crippen LogP) is 1.23. The number of non-ortho nitro benzene ring substituents is 1. The number of rotatable bonds is 3. The zero-order valence-electron chi connectivity index (χ0n) is 11.2. The molecule has 7 heteroatoms. The summed E-state index contributed by atoms with van der Waals surface area (Å²) in [5, 5.41) is 23.2. The molecular weight excluding hydrogens is 262 g/mol. The van der Waals surface area contributed by atoms with Gasteiger partial charge in [0.1, 0.15) is 0 Å². The first-order valence-corrected chi connectivity index (χ1v) is 6.46. The summed E-state index contributed by atoms with van der Waals surface area (Å²) in [5.41, 5.74) is 0.745. The van der Waals surface area contributed by atoms with Crippen molar-refractivity contribution in [2.24, 2.45) is 0 Å². The second kappa shape index (κ2) is 5.87. The third kappa shape index (κ3) is 2.88. The maximum atomic E-state index is 12.4. The van der Waals surface area contributed by atoms with Gasteiger partial charge in [-0.2, -0.15) is 0 Å². The van der Waals surface area contributed by atoms with Crippen LogP contribution in [0.2, 0.25) is 0 Å². The molecule has 1 heterocycles. The van der Waals surface area contributed by atoms with Crippen LogP contribution in [0.15, 0.2) is 18.2 Å². The fourth-order valence-electron chi connectivity index (χ4n) is 2.28. The van der Waals surface area contributed by atoms with Crippen LogP contribution >= 0.6 is 0 Å². The number of aliphatic hydroxyl groups is 1. The summed E-state index contributed by atoms with van der Waals surface area (Å²) < 4.78 is 0. The number of nitro benzene ring substituents is 1. The Labute approximate surface area is 116 Å². The van der Waals surface area contributed by atoms with E-state index in [0.717, 1.165) is 0 Å². The lowest BCUT2D eigenvalue weighted by molar-refractivity contribution is -0.384. The highest BCUT2D eigenvalue weighted by Crippen LogP contribution is 2.24. The fourth-order valence-corrected chi connectivity index (χ4v) is 2.28. The summed E-state index contributed by atoms with van der Waals surface area (Å²) in [6.07, 6.45) is 0.707. The van der Waals surface area contributed by atoms with Crippen molar-refractivity contribution in [3.05, 3.63) is 33.9 Å². The van der Waals surface area contributed by atoms with Crippen molar-refractivity contribution in [3.8, 4) is 0 Å². The van der Waals surface area contributed by atoms with Crippen LogP contribution in [0.1, 0.15) is 23.2 Å². The summed E-state index contributed by atoms with van der Waals surface area (Å²) in [6.45, 7) is 0.928. The summed E-state index contributed by atoms with van der Waals surface area (Å²) in [6, 6.07) is 4.19. The molecular formula is C13H17N3O4. The average molecular weight is 279 g/mol. The van der Waals surface area contributed by atoms with Crippen molar-refractivity contribution in [3.63, 3.8) is 0 Å². The van der Waals surface area contributed by atoms with Crippen molar-refractivity contribution in [2.45, 2.75) is 18.9 Å². The molecule has 0 saturated carbocycles. The lowest BCUT2D eigenvalue weighted by Crippen LogP contribution is -2.40. The minimum Gasteiger partial charge on any atom is -0.393 e. The van der Waals surface area contributed by atoms with Crippen LogP contribution in [-0.2, 0) is 0 Å². The molecule has 0 aliphatic carbocycles. The molecule has 0 unspecified atom stereocenters. The molecule has 1 amide bonds. The Bertz CT molecular complexity index is 524. The molecule has 1 aromatic rings. The number of anilines is 1. The van der Waals surface area contributed by atoms with E-state index >= 15 is 0 Å². The van der Waals surface area contributed by atoms with Crippen molar-refractivity contribution < 1.29 is 14.8 Å². The molecule has 7 nitrogen and oxygen atoms in total. The zero-order valence-corrected chi connectivity index (χ0v) is 11.2. The Morgan fingerprint density at radius 1 is 1.45 bits per heavy atom. The Balaban J connectivity index is 2.27. The number of likely N-dealkylation sites (tertiary alicyclic amines) is 1. The van der Waals surface area contributed by atoms with Gasteiger partial charge in [0.25, 0.3) is 11.6 Å². The predicted molar refractivity (Wildman–Crippen MR) is 73.8 cm³/mol. The maximum absolute atomic E-state index is 12.4. The van der Waals surface area contributed by atoms with E-state index in [2.05, 4.69) is 5.32 Å². The molecule has 1 saturated heterocycles. The third-order valence-electron chi connectivity index (χ3n) is 3.47. The average Bonchev–Trinajstić information content (AvgIpc) is 2.46. The molecule has 0 spiro atoms. The smallest absolute Gasteiger partial charge is 0.270 e. The first-order valence-electron chi connectivity index (χ1n) is 6.46. The van der Waals surface area contributed by atoms with Crippen LogP contribution in [0.4, 0.5) is 11.4 Å². The SMILES string of the molecule is CNc1ccc([N+](=O)[O-])cc1C(=O)N1CCC(O)CC1. The van der Waals surface area contributed by atoms with Crippen molar-refractivity contribution in [1.82, 2.24) is 4.90 Å². The molecule has 108 valence electrons. The molecule has 2 N–H and O–H groups in total. The lowest BCUT2D eigenvalue weighted by Gasteiger charge is -2.30. The van der Waals surface area contributed by atoms with Gasteiger partial charge in [0.2, 0.25) is 0 Å². The van der Waals surface area contributed by atoms with Crippen LogP contribution in [0, 0.1) is 10.1 Å². The van der Waals surface area contributed by atoms with Crippen molar-refractivity contribution in [1.29, 1.82) is 0 Å². The molecule has 1 fully saturated rings. The topological polar surface area (TPSA) is 95.7 Å². The maximum Gasteiger partial charge on any atom is 0.270 e. The fraction of sp³-hybridized carbons (Fsp3) is 0.462. The van der Waals surface area contributed by atoms with E-state index in [-0.39, 0.29) is 23.3 Å². The summed E-state index contributed by atoms with van der Waals surface area (Å²) in [7, 11) is 1.66. The molecule has 20 heavy (non-hydrogen) atoms. The minimum absolute atomic E-state index is 0.107. The zero-order chi connectivity index (χ0) is 14.7. The quantitative estimate of drug-likeness (QED) is 0.641. The Morgan fingerprint density at radius 2 is 2.10 bits per heavy atom. The molecule has 2 rings (SSSR count). The molecule has 0 atom stereocenters. The molecule has 1 aromatic carbocycles. The van der Waals surface area contributed by atoms with Gasteiger partial charge < -0.3 is 15.3 Å². The van der Waals surface area contributed by atoms with Gasteiger partial charge >= 0.3 is 0 Å². The number of hydrogen-bond acceptors (Lipinski definition) is 5. The number of nitrogens with zero attached hydrogens (tertiary/aromatic N) is 2.